The maximum Gasteiger partial charge on any atom is 0.309 e. The molecule has 0 amide bonds. The number of carbonyl (C=O) groups excluding carboxylic acids is 3. The van der Waals surface area contributed by atoms with Gasteiger partial charge in [0.05, 0.1) is 6.42 Å². The van der Waals surface area contributed by atoms with Crippen LogP contribution in [0.4, 0.5) is 0 Å². The first-order chi connectivity index (χ1) is 27.5. The maximum atomic E-state index is 12.7. The van der Waals surface area contributed by atoms with Gasteiger partial charge in [0, 0.05) is 12.8 Å². The molecule has 0 fully saturated rings. The monoisotopic (exact) mass is 783 g/mol. The van der Waals surface area contributed by atoms with Crippen molar-refractivity contribution < 1.29 is 28.6 Å². The average Bonchev–Trinajstić information content (AvgIpc) is 3.19. The quantitative estimate of drug-likeness (QED) is 0.0202. The lowest BCUT2D eigenvalue weighted by molar-refractivity contribution is -0.166. The van der Waals surface area contributed by atoms with Crippen molar-refractivity contribution in [1.29, 1.82) is 0 Å². The minimum Gasteiger partial charge on any atom is -0.462 e. The highest BCUT2D eigenvalue weighted by Gasteiger charge is 2.19. The van der Waals surface area contributed by atoms with Crippen LogP contribution in [0.3, 0.4) is 0 Å². The summed E-state index contributed by atoms with van der Waals surface area (Å²) in [6, 6.07) is 0. The highest BCUT2D eigenvalue weighted by Crippen LogP contribution is 2.14. The summed E-state index contributed by atoms with van der Waals surface area (Å²) in [6.07, 6.45) is 53.8. The van der Waals surface area contributed by atoms with Crippen LogP contribution in [0.15, 0.2) is 60.8 Å². The summed E-state index contributed by atoms with van der Waals surface area (Å²) in [4.78, 5) is 37.6. The number of rotatable bonds is 41. The van der Waals surface area contributed by atoms with Gasteiger partial charge in [-0.2, -0.15) is 0 Å². The summed E-state index contributed by atoms with van der Waals surface area (Å²) in [6.45, 7) is 6.38. The summed E-state index contributed by atoms with van der Waals surface area (Å²) < 4.78 is 16.6. The summed E-state index contributed by atoms with van der Waals surface area (Å²) in [5.41, 5.74) is 0. The van der Waals surface area contributed by atoms with Crippen molar-refractivity contribution in [3.63, 3.8) is 0 Å². The summed E-state index contributed by atoms with van der Waals surface area (Å²) >= 11 is 0. The molecule has 0 aliphatic heterocycles. The van der Waals surface area contributed by atoms with E-state index in [1.165, 1.54) is 109 Å². The third kappa shape index (κ3) is 42.3. The van der Waals surface area contributed by atoms with Crippen LogP contribution in [0.1, 0.15) is 220 Å². The van der Waals surface area contributed by atoms with E-state index in [2.05, 4.69) is 69.4 Å². The van der Waals surface area contributed by atoms with E-state index in [9.17, 15) is 14.4 Å². The molecule has 1 atom stereocenters. The third-order valence-corrected chi connectivity index (χ3v) is 9.82. The Labute approximate surface area is 345 Å². The van der Waals surface area contributed by atoms with E-state index in [-0.39, 0.29) is 31.6 Å². The lowest BCUT2D eigenvalue weighted by atomic mass is 10.0. The molecule has 0 saturated carbocycles. The predicted molar refractivity (Wildman–Crippen MR) is 238 cm³/mol. The molecule has 0 aromatic carbocycles. The Kier molecular flexibility index (Phi) is 42.5. The molecule has 0 aromatic heterocycles. The molecule has 56 heavy (non-hydrogen) atoms. The molecule has 0 aliphatic rings. The highest BCUT2D eigenvalue weighted by atomic mass is 16.6. The van der Waals surface area contributed by atoms with Gasteiger partial charge in [0.2, 0.25) is 0 Å². The zero-order valence-corrected chi connectivity index (χ0v) is 36.6. The van der Waals surface area contributed by atoms with Crippen LogP contribution in [-0.2, 0) is 28.6 Å². The summed E-state index contributed by atoms with van der Waals surface area (Å²) in [7, 11) is 0. The van der Waals surface area contributed by atoms with E-state index in [1.54, 1.807) is 6.08 Å². The Morgan fingerprint density at radius 2 is 0.804 bits per heavy atom. The molecular weight excluding hydrogens is 697 g/mol. The van der Waals surface area contributed by atoms with Gasteiger partial charge in [-0.05, 0) is 57.8 Å². The number of ether oxygens (including phenoxy) is 3. The first kappa shape index (κ1) is 53.1. The van der Waals surface area contributed by atoms with Gasteiger partial charge in [-0.25, -0.2) is 0 Å². The Hall–Kier alpha value is -2.89. The molecule has 0 N–H and O–H groups in total. The van der Waals surface area contributed by atoms with Crippen LogP contribution < -0.4 is 0 Å². The van der Waals surface area contributed by atoms with Gasteiger partial charge in [-0.15, -0.1) is 0 Å². The number of hydrogen-bond acceptors (Lipinski definition) is 6. The second-order valence-corrected chi connectivity index (χ2v) is 15.3. The molecule has 0 rings (SSSR count). The van der Waals surface area contributed by atoms with Crippen molar-refractivity contribution in [2.24, 2.45) is 0 Å². The van der Waals surface area contributed by atoms with E-state index in [4.69, 9.17) is 14.2 Å². The maximum absolute atomic E-state index is 12.7. The molecule has 0 bridgehead atoms. The van der Waals surface area contributed by atoms with Gasteiger partial charge in [0.25, 0.3) is 0 Å². The molecule has 0 radical (unpaired) electrons. The van der Waals surface area contributed by atoms with E-state index in [0.29, 0.717) is 12.8 Å². The fraction of sp³-hybridized carbons (Fsp3) is 0.740. The number of esters is 3. The fourth-order valence-electron chi connectivity index (χ4n) is 6.32. The van der Waals surface area contributed by atoms with Gasteiger partial charge in [0.1, 0.15) is 13.2 Å². The van der Waals surface area contributed by atoms with Gasteiger partial charge >= 0.3 is 17.9 Å². The number of carbonyl (C=O) groups is 3. The molecule has 0 aliphatic carbocycles. The Bertz CT molecular complexity index is 1040. The minimum absolute atomic E-state index is 0.114. The first-order valence-corrected chi connectivity index (χ1v) is 23.3. The topological polar surface area (TPSA) is 78.9 Å². The Morgan fingerprint density at radius 1 is 0.411 bits per heavy atom. The van der Waals surface area contributed by atoms with Crippen molar-refractivity contribution in [3.05, 3.63) is 60.8 Å². The second kappa shape index (κ2) is 44.8. The molecular formula is C50H86O6. The van der Waals surface area contributed by atoms with Crippen molar-refractivity contribution >= 4 is 17.9 Å². The number of unbranched alkanes of at least 4 members (excludes halogenated alkanes) is 22. The van der Waals surface area contributed by atoms with E-state index in [0.717, 1.165) is 70.6 Å². The van der Waals surface area contributed by atoms with Crippen molar-refractivity contribution in [2.75, 3.05) is 13.2 Å². The molecule has 0 heterocycles. The molecule has 6 nitrogen and oxygen atoms in total. The molecule has 0 saturated heterocycles. The molecule has 6 heteroatoms. The van der Waals surface area contributed by atoms with Gasteiger partial charge < -0.3 is 14.2 Å². The SMILES string of the molecule is CC/C=C\C/C=C\C/C=C\CC(=O)OCC(COC(=O)CCCCC/C=C\C=C/CCCCCCCCC)OC(=O)CCCCCCCCCCCCCCC. The van der Waals surface area contributed by atoms with Crippen LogP contribution in [0, 0.1) is 0 Å². The van der Waals surface area contributed by atoms with Crippen LogP contribution in [0.25, 0.3) is 0 Å². The van der Waals surface area contributed by atoms with E-state index in [1.807, 2.05) is 6.08 Å². The normalized spacial score (nSPS) is 12.6. The average molecular weight is 783 g/mol. The predicted octanol–water partition coefficient (Wildman–Crippen LogP) is 14.9. The lowest BCUT2D eigenvalue weighted by Gasteiger charge is -2.18. The first-order valence-electron chi connectivity index (χ1n) is 23.3. The Balaban J connectivity index is 4.44. The van der Waals surface area contributed by atoms with Crippen molar-refractivity contribution in [2.45, 2.75) is 226 Å². The van der Waals surface area contributed by atoms with E-state index >= 15 is 0 Å². The zero-order chi connectivity index (χ0) is 40.8. The van der Waals surface area contributed by atoms with Gasteiger partial charge in [-0.1, -0.05) is 204 Å². The lowest BCUT2D eigenvalue weighted by Crippen LogP contribution is -2.30. The smallest absolute Gasteiger partial charge is 0.309 e. The second-order valence-electron chi connectivity index (χ2n) is 15.3. The zero-order valence-electron chi connectivity index (χ0n) is 36.6. The highest BCUT2D eigenvalue weighted by molar-refractivity contribution is 5.72. The molecule has 0 spiro atoms. The number of hydrogen-bond donors (Lipinski definition) is 0. The van der Waals surface area contributed by atoms with Crippen molar-refractivity contribution in [3.8, 4) is 0 Å². The number of allylic oxidation sites excluding steroid dienone is 9. The summed E-state index contributed by atoms with van der Waals surface area (Å²) in [5, 5.41) is 0. The largest absolute Gasteiger partial charge is 0.462 e. The summed E-state index contributed by atoms with van der Waals surface area (Å²) in [5.74, 6) is -1.07. The fourth-order valence-corrected chi connectivity index (χ4v) is 6.32. The van der Waals surface area contributed by atoms with E-state index < -0.39 is 12.1 Å². The minimum atomic E-state index is -0.815. The van der Waals surface area contributed by atoms with Crippen LogP contribution in [-0.4, -0.2) is 37.2 Å². The van der Waals surface area contributed by atoms with Crippen LogP contribution in [0.2, 0.25) is 0 Å². The van der Waals surface area contributed by atoms with Crippen LogP contribution >= 0.6 is 0 Å². The van der Waals surface area contributed by atoms with Gasteiger partial charge in [0.15, 0.2) is 6.10 Å². The molecule has 322 valence electrons. The van der Waals surface area contributed by atoms with Crippen molar-refractivity contribution in [1.82, 2.24) is 0 Å². The molecule has 1 unspecified atom stereocenters. The Morgan fingerprint density at radius 3 is 1.30 bits per heavy atom. The third-order valence-electron chi connectivity index (χ3n) is 9.82. The van der Waals surface area contributed by atoms with Crippen LogP contribution in [0.5, 0.6) is 0 Å². The molecule has 0 aromatic rings. The van der Waals surface area contributed by atoms with Gasteiger partial charge in [-0.3, -0.25) is 14.4 Å². The standard InChI is InChI=1S/C50H86O6/c1-4-7-10-13-16-19-21-23-24-25-27-28-31-34-37-40-43-49(52)55-46-47(45-54-48(51)42-39-36-33-30-18-15-12-9-6-3)56-50(53)44-41-38-35-32-29-26-22-20-17-14-11-8-5-2/h9,12,18,24-25,27-28,30,36,39,47H,4-8,10-11,13-17,19-23,26,29,31-35,37-38,40-46H2,1-3H3/b12-9-,25-24-,28-27-,30-18-,39-36-.